The first kappa shape index (κ1) is 16.2. The number of benzene rings is 1. The van der Waals surface area contributed by atoms with Gasteiger partial charge >= 0.3 is 0 Å². The van der Waals surface area contributed by atoms with Crippen LogP contribution in [-0.2, 0) is 9.59 Å². The first-order valence-electron chi connectivity index (χ1n) is 7.68. The van der Waals surface area contributed by atoms with Crippen LogP contribution in [0.5, 0.6) is 0 Å². The Morgan fingerprint density at radius 1 is 1.22 bits per heavy atom. The highest BCUT2D eigenvalue weighted by molar-refractivity contribution is 6.30. The average Bonchev–Trinajstić information content (AvgIpc) is 2.99. The summed E-state index contributed by atoms with van der Waals surface area (Å²) < 4.78 is 0. The third-order valence-corrected chi connectivity index (χ3v) is 4.47. The zero-order valence-electron chi connectivity index (χ0n) is 12.6. The number of hydrazine groups is 1. The zero-order valence-corrected chi connectivity index (χ0v) is 13.3. The summed E-state index contributed by atoms with van der Waals surface area (Å²) in [6.45, 7) is 1.68. The van der Waals surface area contributed by atoms with Gasteiger partial charge in [-0.25, -0.2) is 5.43 Å². The molecule has 7 nitrogen and oxygen atoms in total. The highest BCUT2D eigenvalue weighted by Gasteiger charge is 2.41. The van der Waals surface area contributed by atoms with Gasteiger partial charge in [-0.3, -0.25) is 15.0 Å². The minimum atomic E-state index is -0.323. The molecule has 1 aromatic carbocycles. The van der Waals surface area contributed by atoms with Crippen molar-refractivity contribution in [2.45, 2.75) is 18.5 Å². The van der Waals surface area contributed by atoms with Gasteiger partial charge in [0.05, 0.1) is 6.54 Å². The van der Waals surface area contributed by atoms with E-state index in [9.17, 15) is 9.59 Å². The smallest absolute Gasteiger partial charge is 0.243 e. The first-order valence-corrected chi connectivity index (χ1v) is 8.06. The average molecular weight is 338 g/mol. The quantitative estimate of drug-likeness (QED) is 0.527. The van der Waals surface area contributed by atoms with Crippen molar-refractivity contribution in [2.24, 2.45) is 5.92 Å². The van der Waals surface area contributed by atoms with E-state index in [1.807, 2.05) is 0 Å². The third kappa shape index (κ3) is 4.00. The number of rotatable bonds is 4. The molecule has 3 unspecified atom stereocenters. The maximum Gasteiger partial charge on any atom is 0.243 e. The Kier molecular flexibility index (Phi) is 5.12. The Labute approximate surface area is 139 Å². The molecule has 2 fully saturated rings. The van der Waals surface area contributed by atoms with Crippen molar-refractivity contribution in [1.29, 1.82) is 0 Å². The van der Waals surface area contributed by atoms with Gasteiger partial charge in [0.15, 0.2) is 0 Å². The van der Waals surface area contributed by atoms with E-state index >= 15 is 0 Å². The van der Waals surface area contributed by atoms with Crippen molar-refractivity contribution in [2.75, 3.05) is 25.0 Å². The summed E-state index contributed by atoms with van der Waals surface area (Å²) in [7, 11) is 0. The van der Waals surface area contributed by atoms with E-state index in [0.29, 0.717) is 16.8 Å². The second-order valence-corrected chi connectivity index (χ2v) is 6.24. The Morgan fingerprint density at radius 3 is 2.78 bits per heavy atom. The Morgan fingerprint density at radius 2 is 2.00 bits per heavy atom. The number of piperidine rings is 1. The predicted molar refractivity (Wildman–Crippen MR) is 87.9 cm³/mol. The van der Waals surface area contributed by atoms with E-state index < -0.39 is 0 Å². The van der Waals surface area contributed by atoms with Crippen LogP contribution >= 0.6 is 11.6 Å². The molecule has 2 aliphatic heterocycles. The third-order valence-electron chi connectivity index (χ3n) is 4.21. The molecule has 0 bridgehead atoms. The lowest BCUT2D eigenvalue weighted by molar-refractivity contribution is -0.126. The molecule has 0 spiro atoms. The lowest BCUT2D eigenvalue weighted by atomic mass is 9.89. The van der Waals surface area contributed by atoms with Crippen LogP contribution < -0.4 is 26.8 Å². The molecule has 0 aromatic heterocycles. The second kappa shape index (κ2) is 7.27. The van der Waals surface area contributed by atoms with Crippen LogP contribution in [0.15, 0.2) is 24.3 Å². The van der Waals surface area contributed by atoms with Crippen molar-refractivity contribution in [1.82, 2.24) is 21.5 Å². The monoisotopic (exact) mass is 337 g/mol. The molecule has 2 aliphatic rings. The summed E-state index contributed by atoms with van der Waals surface area (Å²) in [6.07, 6.45) is 0.985. The van der Waals surface area contributed by atoms with Crippen molar-refractivity contribution in [3.8, 4) is 0 Å². The molecule has 0 saturated carbocycles. The summed E-state index contributed by atoms with van der Waals surface area (Å²) in [5, 5.41) is 9.29. The maximum absolute atomic E-state index is 12.3. The molecule has 1 aromatic rings. The zero-order chi connectivity index (χ0) is 16.2. The number of fused-ring (bicyclic) bond motifs is 1. The summed E-state index contributed by atoms with van der Waals surface area (Å²) in [5.74, 6) is -0.243. The molecule has 8 heteroatoms. The standard InChI is InChI=1S/C15H20ClN5O2/c16-9-1-3-10(4-2-9)19-13(22)8-18-15(23)14-11-7-17-6-5-12(11)20-21-14/h1-4,11-12,14,17,20-21H,5-8H2,(H,18,23)(H,19,22). The highest BCUT2D eigenvalue weighted by Crippen LogP contribution is 2.20. The molecule has 0 aliphatic carbocycles. The minimum absolute atomic E-state index is 0.0650. The van der Waals surface area contributed by atoms with Gasteiger partial charge in [0.25, 0.3) is 0 Å². The number of amides is 2. The minimum Gasteiger partial charge on any atom is -0.346 e. The first-order chi connectivity index (χ1) is 11.1. The van der Waals surface area contributed by atoms with Crippen molar-refractivity contribution in [3.63, 3.8) is 0 Å². The number of anilines is 1. The molecule has 2 heterocycles. The normalized spacial score (nSPS) is 26.4. The van der Waals surface area contributed by atoms with Crippen LogP contribution in [0.4, 0.5) is 5.69 Å². The largest absolute Gasteiger partial charge is 0.346 e. The fraction of sp³-hybridized carbons (Fsp3) is 0.467. The van der Waals surface area contributed by atoms with Gasteiger partial charge in [0.2, 0.25) is 11.8 Å². The van der Waals surface area contributed by atoms with Gasteiger partial charge < -0.3 is 16.0 Å². The lowest BCUT2D eigenvalue weighted by Crippen LogP contribution is -2.50. The number of hydrogen-bond donors (Lipinski definition) is 5. The molecular weight excluding hydrogens is 318 g/mol. The topological polar surface area (TPSA) is 94.3 Å². The van der Waals surface area contributed by atoms with Crippen LogP contribution in [0.1, 0.15) is 6.42 Å². The fourth-order valence-electron chi connectivity index (χ4n) is 2.99. The molecule has 3 rings (SSSR count). The summed E-state index contributed by atoms with van der Waals surface area (Å²) >= 11 is 5.79. The van der Waals surface area contributed by atoms with Gasteiger partial charge in [-0.15, -0.1) is 0 Å². The van der Waals surface area contributed by atoms with Gasteiger partial charge in [-0.05, 0) is 37.2 Å². The van der Waals surface area contributed by atoms with E-state index in [1.54, 1.807) is 24.3 Å². The number of carbonyl (C=O) groups is 2. The van der Waals surface area contributed by atoms with Gasteiger partial charge in [-0.2, -0.15) is 0 Å². The van der Waals surface area contributed by atoms with Gasteiger partial charge in [-0.1, -0.05) is 11.6 Å². The summed E-state index contributed by atoms with van der Waals surface area (Å²) in [4.78, 5) is 24.2. The van der Waals surface area contributed by atoms with Crippen LogP contribution in [0.2, 0.25) is 5.02 Å². The van der Waals surface area contributed by atoms with E-state index in [1.165, 1.54) is 0 Å². The molecule has 2 amide bonds. The van der Waals surface area contributed by atoms with Crippen LogP contribution in [0, 0.1) is 5.92 Å². The number of nitrogens with one attached hydrogen (secondary N) is 5. The fourth-order valence-corrected chi connectivity index (χ4v) is 3.12. The molecule has 5 N–H and O–H groups in total. The number of halogens is 1. The molecule has 2 saturated heterocycles. The van der Waals surface area contributed by atoms with Crippen molar-refractivity contribution in [3.05, 3.63) is 29.3 Å². The van der Waals surface area contributed by atoms with Crippen LogP contribution in [-0.4, -0.2) is 43.5 Å². The van der Waals surface area contributed by atoms with E-state index in [-0.39, 0.29) is 30.3 Å². The second-order valence-electron chi connectivity index (χ2n) is 5.80. The Hall–Kier alpha value is -1.67. The molecule has 0 radical (unpaired) electrons. The van der Waals surface area contributed by atoms with E-state index in [2.05, 4.69) is 26.8 Å². The van der Waals surface area contributed by atoms with Gasteiger partial charge in [0.1, 0.15) is 6.04 Å². The van der Waals surface area contributed by atoms with Crippen molar-refractivity contribution >= 4 is 29.1 Å². The predicted octanol–water partition coefficient (Wildman–Crippen LogP) is -0.151. The molecule has 3 atom stereocenters. The van der Waals surface area contributed by atoms with Crippen LogP contribution in [0.3, 0.4) is 0 Å². The number of carbonyl (C=O) groups excluding carboxylic acids is 2. The Bertz CT molecular complexity index is 580. The Balaban J connectivity index is 1.47. The van der Waals surface area contributed by atoms with E-state index in [0.717, 1.165) is 19.5 Å². The number of hydrogen-bond acceptors (Lipinski definition) is 5. The maximum atomic E-state index is 12.3. The van der Waals surface area contributed by atoms with Crippen molar-refractivity contribution < 1.29 is 9.59 Å². The molecule has 124 valence electrons. The summed E-state index contributed by atoms with van der Waals surface area (Å²) in [5.41, 5.74) is 6.83. The SMILES string of the molecule is O=C(CNC(=O)C1NNC2CCNCC21)Nc1ccc(Cl)cc1. The van der Waals surface area contributed by atoms with Gasteiger partial charge in [0, 0.05) is 29.2 Å². The highest BCUT2D eigenvalue weighted by atomic mass is 35.5. The lowest BCUT2D eigenvalue weighted by Gasteiger charge is -2.27. The van der Waals surface area contributed by atoms with Crippen LogP contribution in [0.25, 0.3) is 0 Å². The molecule has 23 heavy (non-hydrogen) atoms. The molecular formula is C15H20ClN5O2. The van der Waals surface area contributed by atoms with E-state index in [4.69, 9.17) is 11.6 Å². The summed E-state index contributed by atoms with van der Waals surface area (Å²) in [6, 6.07) is 6.79.